The summed E-state index contributed by atoms with van der Waals surface area (Å²) in [6.07, 6.45) is 17.8. The van der Waals surface area contributed by atoms with Crippen LogP contribution < -0.4 is 11.1 Å². The van der Waals surface area contributed by atoms with Gasteiger partial charge >= 0.3 is 265 Å². The number of amidine groups is 1. The molecule has 0 aromatic carbocycles. The number of hydrazine groups is 2. The van der Waals surface area contributed by atoms with Crippen LogP contribution in [0.15, 0.2) is 5.10 Å². The maximum atomic E-state index is 12.1. The van der Waals surface area contributed by atoms with Crippen molar-refractivity contribution in [2.24, 2.45) is 57.4 Å². The Labute approximate surface area is 275 Å². The summed E-state index contributed by atoms with van der Waals surface area (Å²) in [5.74, 6) is 5.07. The number of hydrogen-bond donors (Lipinski definition) is 4. The number of fused-ring (bicyclic) bond motifs is 5. The van der Waals surface area contributed by atoms with Crippen LogP contribution in [-0.2, 0) is 0 Å². The summed E-state index contributed by atoms with van der Waals surface area (Å²) in [7, 11) is 0. The first-order valence-corrected chi connectivity index (χ1v) is 26.7. The molecule has 6 nitrogen and oxygen atoms in total. The summed E-state index contributed by atoms with van der Waals surface area (Å²) in [6.45, 7) is 17.1. The minimum atomic E-state index is -2.70. The van der Waals surface area contributed by atoms with Crippen LogP contribution in [0, 0.1) is 52.3 Å². The predicted octanol–water partition coefficient (Wildman–Crippen LogP) is 8.62. The van der Waals surface area contributed by atoms with Crippen molar-refractivity contribution >= 4 is 24.5 Å². The third-order valence-electron chi connectivity index (χ3n) is 14.7. The molecule has 0 bridgehead atoms. The van der Waals surface area contributed by atoms with E-state index in [0.717, 1.165) is 32.1 Å². The molecule has 254 valence electrons. The fourth-order valence-electron chi connectivity index (χ4n) is 12.4. The molecule has 3 unspecified atom stereocenters. The van der Waals surface area contributed by atoms with Gasteiger partial charge in [-0.1, -0.05) is 0 Å². The van der Waals surface area contributed by atoms with Crippen LogP contribution in [0.2, 0.25) is 13.3 Å². The summed E-state index contributed by atoms with van der Waals surface area (Å²) < 4.78 is 7.03. The quantitative estimate of drug-likeness (QED) is 0.135. The third kappa shape index (κ3) is 6.27. The standard InChI is InChI=1S/C25H43N4O2.3C4H9.Sn/c1-5-16-20-13-15(30)8-10-25(20,4)19-9-11-24(3)17(6-7-18(24)22(19)23(16)31)14(2)12-21-26-28-29-27-21;3*1-3-4-2;/h14-20,22-23,28-31H,5-13H2,1-4H3;3*1,3-4H2,2H3;/q-1;;;;+1/t14-,15-,16-,17-,18?,19?,20+,22?,23-,24-,25-;;;;/m1..../s1. The van der Waals surface area contributed by atoms with E-state index < -0.39 is 18.7 Å². The molecular weight excluding hydrogens is 651 g/mol. The molecule has 0 aromatic heterocycles. The van der Waals surface area contributed by atoms with Gasteiger partial charge in [0.05, 0.1) is 6.10 Å². The van der Waals surface area contributed by atoms with Crippen molar-refractivity contribution in [3.05, 3.63) is 0 Å². The second kappa shape index (κ2) is 14.6. The minimum absolute atomic E-state index is 0.173. The van der Waals surface area contributed by atoms with E-state index >= 15 is 0 Å². The second-order valence-corrected chi connectivity index (χ2v) is 29.5. The Morgan fingerprint density at radius 2 is 1.48 bits per heavy atom. The van der Waals surface area contributed by atoms with Gasteiger partial charge in [-0.15, -0.1) is 0 Å². The van der Waals surface area contributed by atoms with E-state index in [2.05, 4.69) is 62.8 Å². The van der Waals surface area contributed by atoms with E-state index in [1.807, 2.05) is 0 Å². The van der Waals surface area contributed by atoms with Gasteiger partial charge in [0, 0.05) is 0 Å². The zero-order chi connectivity index (χ0) is 31.7. The zero-order valence-electron chi connectivity index (χ0n) is 29.7. The number of hydrogen-bond acceptors (Lipinski definition) is 6. The summed E-state index contributed by atoms with van der Waals surface area (Å²) in [6, 6.07) is 0. The molecule has 0 spiro atoms. The first-order chi connectivity index (χ1) is 21.1. The first kappa shape index (κ1) is 35.3. The number of unbranched alkanes of at least 4 members (excludes halogenated alkanes) is 3. The van der Waals surface area contributed by atoms with Gasteiger partial charge in [-0.25, -0.2) is 0 Å². The normalized spacial score (nSPS) is 41.0. The number of nitrogens with one attached hydrogen (secondary N) is 2. The van der Waals surface area contributed by atoms with Gasteiger partial charge in [0.15, 0.2) is 0 Å². The summed E-state index contributed by atoms with van der Waals surface area (Å²) in [5.41, 5.74) is 7.49. The van der Waals surface area contributed by atoms with E-state index in [-0.39, 0.29) is 17.6 Å². The topological polar surface area (TPSA) is 80.1 Å². The third-order valence-corrected chi connectivity index (χ3v) is 29.5. The molecule has 4 saturated carbocycles. The van der Waals surface area contributed by atoms with Crippen LogP contribution in [0.1, 0.15) is 145 Å². The maximum absolute atomic E-state index is 12.1. The van der Waals surface area contributed by atoms with Crippen LogP contribution in [0.3, 0.4) is 0 Å². The van der Waals surface area contributed by atoms with Gasteiger partial charge in [-0.3, -0.25) is 0 Å². The summed E-state index contributed by atoms with van der Waals surface area (Å²) >= 11 is -2.70. The molecule has 4 N–H and O–H groups in total. The zero-order valence-corrected chi connectivity index (χ0v) is 32.6. The van der Waals surface area contributed by atoms with Crippen molar-refractivity contribution in [1.29, 1.82) is 0 Å². The molecule has 0 aromatic rings. The summed E-state index contributed by atoms with van der Waals surface area (Å²) in [5, 5.41) is 27.8. The van der Waals surface area contributed by atoms with E-state index in [0.29, 0.717) is 46.8 Å². The van der Waals surface area contributed by atoms with Crippen LogP contribution in [0.4, 0.5) is 0 Å². The number of nitrogens with zero attached hydrogens (tertiary/aromatic N) is 2. The molecule has 0 radical (unpaired) electrons. The number of aliphatic hydroxyl groups is 2. The Hall–Kier alpha value is -0.0513. The first-order valence-electron chi connectivity index (χ1n) is 19.3. The molecule has 4 fully saturated rings. The molecule has 0 saturated heterocycles. The van der Waals surface area contributed by atoms with Gasteiger partial charge in [-0.2, -0.15) is 0 Å². The van der Waals surface area contributed by atoms with Crippen molar-refractivity contribution < 1.29 is 10.2 Å². The van der Waals surface area contributed by atoms with Crippen molar-refractivity contribution in [1.82, 2.24) is 14.3 Å². The molecule has 1 aliphatic heterocycles. The van der Waals surface area contributed by atoms with Crippen molar-refractivity contribution in [2.75, 3.05) is 0 Å². The van der Waals surface area contributed by atoms with E-state index in [1.165, 1.54) is 83.4 Å². The molecule has 7 heteroatoms. The van der Waals surface area contributed by atoms with Gasteiger partial charge in [-0.05, 0) is 0 Å². The van der Waals surface area contributed by atoms with Crippen LogP contribution in [-0.4, -0.2) is 50.1 Å². The van der Waals surface area contributed by atoms with Crippen LogP contribution >= 0.6 is 0 Å². The van der Waals surface area contributed by atoms with Crippen molar-refractivity contribution in [2.45, 2.75) is 170 Å². The Kier molecular flexibility index (Phi) is 11.7. The molecule has 0 amide bonds. The fourth-order valence-corrected chi connectivity index (χ4v) is 27.9. The van der Waals surface area contributed by atoms with Gasteiger partial charge in [0.1, 0.15) is 0 Å². The van der Waals surface area contributed by atoms with Crippen molar-refractivity contribution in [3.8, 4) is 0 Å². The van der Waals surface area contributed by atoms with E-state index in [9.17, 15) is 10.2 Å². The number of aliphatic hydroxyl groups excluding tert-OH is 2. The predicted molar refractivity (Wildman–Crippen MR) is 186 cm³/mol. The summed E-state index contributed by atoms with van der Waals surface area (Å²) in [4.78, 5) is 0. The second-order valence-electron chi connectivity index (χ2n) is 16.9. The molecule has 4 aliphatic carbocycles. The average Bonchev–Trinajstić information content (AvgIpc) is 3.62. The fraction of sp³-hybridized carbons (Fsp3) is 0.973. The molecule has 1 heterocycles. The van der Waals surface area contributed by atoms with Crippen molar-refractivity contribution in [3.63, 3.8) is 0 Å². The Morgan fingerprint density at radius 3 is 2.09 bits per heavy atom. The average molecular weight is 722 g/mol. The Bertz CT molecular complexity index is 957. The number of hydrazone groups is 1. The molecule has 11 atom stereocenters. The number of rotatable bonds is 14. The molecular formula is C37H70N4O2Sn. The monoisotopic (exact) mass is 722 g/mol. The SMILES string of the molecule is CCC[CH2][Sn]([CH2]CCC)([CH2]CCC)[N]1NNN=C1C[C@@H](C)[C@H]1CCC2C3C(CC[C@@]21C)[C@@]1(C)CC[C@@H](O)C[C@H]1[C@@H](CC)[C@H]3O. The van der Waals surface area contributed by atoms with Crippen LogP contribution in [0.5, 0.6) is 0 Å². The van der Waals surface area contributed by atoms with E-state index in [1.54, 1.807) is 0 Å². The van der Waals surface area contributed by atoms with Crippen LogP contribution in [0.25, 0.3) is 0 Å². The Balaban J connectivity index is 1.35. The van der Waals surface area contributed by atoms with Gasteiger partial charge in [0.25, 0.3) is 0 Å². The van der Waals surface area contributed by atoms with E-state index in [4.69, 9.17) is 5.10 Å². The van der Waals surface area contributed by atoms with Gasteiger partial charge in [0.2, 0.25) is 0 Å². The molecule has 5 rings (SSSR count). The van der Waals surface area contributed by atoms with Gasteiger partial charge < -0.3 is 5.11 Å². The molecule has 44 heavy (non-hydrogen) atoms. The molecule has 5 aliphatic rings. The Morgan fingerprint density at radius 1 is 0.864 bits per heavy atom.